The molecule has 2 aromatic rings. The van der Waals surface area contributed by atoms with Gasteiger partial charge in [0.25, 0.3) is 5.56 Å². The summed E-state index contributed by atoms with van der Waals surface area (Å²) in [7, 11) is 0. The van der Waals surface area contributed by atoms with Gasteiger partial charge >= 0.3 is 0 Å². The summed E-state index contributed by atoms with van der Waals surface area (Å²) in [6.45, 7) is 4.84. The fourth-order valence-corrected chi connectivity index (χ4v) is 2.14. The summed E-state index contributed by atoms with van der Waals surface area (Å²) in [6.07, 6.45) is -0.0707. The van der Waals surface area contributed by atoms with Crippen LogP contribution >= 0.6 is 0 Å². The van der Waals surface area contributed by atoms with Gasteiger partial charge in [-0.15, -0.1) is 0 Å². The lowest BCUT2D eigenvalue weighted by Crippen LogP contribution is -2.24. The Hall–Kier alpha value is -2.76. The van der Waals surface area contributed by atoms with E-state index in [1.807, 2.05) is 0 Å². The molecule has 1 heterocycles. The van der Waals surface area contributed by atoms with Gasteiger partial charge in [-0.05, 0) is 32.9 Å². The molecule has 22 heavy (non-hydrogen) atoms. The molecule has 0 bridgehead atoms. The van der Waals surface area contributed by atoms with Gasteiger partial charge in [-0.25, -0.2) is 4.98 Å². The second-order valence-electron chi connectivity index (χ2n) is 5.08. The predicted molar refractivity (Wildman–Crippen MR) is 83.1 cm³/mol. The molecule has 6 nitrogen and oxygen atoms in total. The van der Waals surface area contributed by atoms with Gasteiger partial charge in [-0.1, -0.05) is 12.1 Å². The van der Waals surface area contributed by atoms with Crippen molar-refractivity contribution in [3.05, 3.63) is 57.3 Å². The minimum absolute atomic E-state index is 0.0707. The maximum Gasteiger partial charge on any atom is 0.254 e. The molecule has 2 N–H and O–H groups in total. The maximum atomic E-state index is 12.1. The number of carbonyl (C=O) groups excluding carboxylic acids is 2. The van der Waals surface area contributed by atoms with Gasteiger partial charge in [0.05, 0.1) is 6.42 Å². The van der Waals surface area contributed by atoms with Crippen molar-refractivity contribution in [3.8, 4) is 0 Å². The first-order valence-electron chi connectivity index (χ1n) is 6.84. The van der Waals surface area contributed by atoms with E-state index in [1.54, 1.807) is 38.1 Å². The second kappa shape index (κ2) is 6.34. The topological polar surface area (TPSA) is 91.9 Å². The van der Waals surface area contributed by atoms with Crippen LogP contribution in [0.3, 0.4) is 0 Å². The van der Waals surface area contributed by atoms with Crippen LogP contribution in [0.25, 0.3) is 0 Å². The molecule has 2 rings (SSSR count). The fraction of sp³-hybridized carbons (Fsp3) is 0.250. The van der Waals surface area contributed by atoms with Crippen LogP contribution in [0, 0.1) is 13.8 Å². The molecule has 6 heteroatoms. The van der Waals surface area contributed by atoms with Crippen LogP contribution in [-0.2, 0) is 11.2 Å². The highest BCUT2D eigenvalue weighted by molar-refractivity contribution is 5.97. The first-order chi connectivity index (χ1) is 10.4. The van der Waals surface area contributed by atoms with Gasteiger partial charge < -0.3 is 10.3 Å². The number of carbonyl (C=O) groups is 2. The number of benzene rings is 1. The lowest BCUT2D eigenvalue weighted by Gasteiger charge is -2.08. The van der Waals surface area contributed by atoms with E-state index in [-0.39, 0.29) is 23.7 Å². The van der Waals surface area contributed by atoms with Gasteiger partial charge in [-0.2, -0.15) is 0 Å². The van der Waals surface area contributed by atoms with Crippen molar-refractivity contribution < 1.29 is 9.59 Å². The highest BCUT2D eigenvalue weighted by atomic mass is 16.2. The molecule has 114 valence electrons. The molecule has 0 aliphatic rings. The Balaban J connectivity index is 2.16. The number of nitrogens with zero attached hydrogens (tertiary/aromatic N) is 1. The highest BCUT2D eigenvalue weighted by Gasteiger charge is 2.12. The first kappa shape index (κ1) is 15.6. The third-order valence-corrected chi connectivity index (χ3v) is 3.23. The molecule has 0 fully saturated rings. The van der Waals surface area contributed by atoms with Gasteiger partial charge in [0.2, 0.25) is 5.91 Å². The zero-order valence-electron chi connectivity index (χ0n) is 12.7. The standard InChI is InChI=1S/C16H17N3O3/c1-9-14(16(22)18-11(3)17-9)8-15(21)19-13-6-4-5-12(7-13)10(2)20/h4-7H,8H2,1-3H3,(H,19,21)(H,17,18,22). The molecule has 0 aliphatic heterocycles. The fourth-order valence-electron chi connectivity index (χ4n) is 2.14. The number of anilines is 1. The summed E-state index contributed by atoms with van der Waals surface area (Å²) in [6, 6.07) is 6.66. The number of aryl methyl sites for hydroxylation is 2. The number of nitrogens with one attached hydrogen (secondary N) is 2. The Labute approximate surface area is 127 Å². The number of aromatic amines is 1. The van der Waals surface area contributed by atoms with E-state index in [2.05, 4.69) is 15.3 Å². The number of ketones is 1. The minimum atomic E-state index is -0.333. The number of hydrogen-bond donors (Lipinski definition) is 2. The van der Waals surface area contributed by atoms with Crippen LogP contribution in [0.4, 0.5) is 5.69 Å². The molecule has 0 radical (unpaired) electrons. The van der Waals surface area contributed by atoms with E-state index >= 15 is 0 Å². The van der Waals surface area contributed by atoms with E-state index < -0.39 is 0 Å². The molecule has 0 atom stereocenters. The quantitative estimate of drug-likeness (QED) is 0.842. The minimum Gasteiger partial charge on any atom is -0.326 e. The first-order valence-corrected chi connectivity index (χ1v) is 6.84. The summed E-state index contributed by atoms with van der Waals surface area (Å²) >= 11 is 0. The molecular formula is C16H17N3O3. The van der Waals surface area contributed by atoms with Crippen molar-refractivity contribution in [1.29, 1.82) is 0 Å². The van der Waals surface area contributed by atoms with Crippen LogP contribution in [0.15, 0.2) is 29.1 Å². The third kappa shape index (κ3) is 3.66. The van der Waals surface area contributed by atoms with Crippen LogP contribution in [-0.4, -0.2) is 21.7 Å². The van der Waals surface area contributed by atoms with Crippen molar-refractivity contribution in [2.75, 3.05) is 5.32 Å². The van der Waals surface area contributed by atoms with E-state index in [4.69, 9.17) is 0 Å². The van der Waals surface area contributed by atoms with Crippen molar-refractivity contribution >= 4 is 17.4 Å². The van der Waals surface area contributed by atoms with E-state index in [1.165, 1.54) is 6.92 Å². The summed E-state index contributed by atoms with van der Waals surface area (Å²) < 4.78 is 0. The van der Waals surface area contributed by atoms with Gasteiger partial charge in [0, 0.05) is 22.5 Å². The van der Waals surface area contributed by atoms with Crippen molar-refractivity contribution in [3.63, 3.8) is 0 Å². The van der Waals surface area contributed by atoms with Crippen molar-refractivity contribution in [2.24, 2.45) is 0 Å². The lowest BCUT2D eigenvalue weighted by atomic mass is 10.1. The second-order valence-corrected chi connectivity index (χ2v) is 5.08. The Bertz CT molecular complexity index is 793. The average molecular weight is 299 g/mol. The number of hydrogen-bond acceptors (Lipinski definition) is 4. The van der Waals surface area contributed by atoms with Crippen LogP contribution < -0.4 is 10.9 Å². The normalized spacial score (nSPS) is 10.3. The lowest BCUT2D eigenvalue weighted by molar-refractivity contribution is -0.115. The van der Waals surface area contributed by atoms with Gasteiger partial charge in [-0.3, -0.25) is 14.4 Å². The average Bonchev–Trinajstić information content (AvgIpc) is 2.43. The van der Waals surface area contributed by atoms with E-state index in [0.29, 0.717) is 28.3 Å². The zero-order chi connectivity index (χ0) is 16.3. The molecule has 0 unspecified atom stereocenters. The molecule has 0 saturated carbocycles. The van der Waals surface area contributed by atoms with Crippen molar-refractivity contribution in [2.45, 2.75) is 27.2 Å². The molecule has 0 aliphatic carbocycles. The molecular weight excluding hydrogens is 282 g/mol. The number of H-pyrrole nitrogens is 1. The molecule has 1 amide bonds. The van der Waals surface area contributed by atoms with Gasteiger partial charge in [0.1, 0.15) is 5.82 Å². The monoisotopic (exact) mass is 299 g/mol. The number of aromatic nitrogens is 2. The summed E-state index contributed by atoms with van der Waals surface area (Å²) in [4.78, 5) is 42.0. The van der Waals surface area contributed by atoms with E-state index in [9.17, 15) is 14.4 Å². The van der Waals surface area contributed by atoms with Crippen molar-refractivity contribution in [1.82, 2.24) is 9.97 Å². The summed E-state index contributed by atoms with van der Waals surface area (Å²) in [5.74, 6) is 0.104. The maximum absolute atomic E-state index is 12.1. The zero-order valence-corrected chi connectivity index (χ0v) is 12.7. The smallest absolute Gasteiger partial charge is 0.254 e. The number of amides is 1. The van der Waals surface area contributed by atoms with Crippen LogP contribution in [0.2, 0.25) is 0 Å². The predicted octanol–water partition coefficient (Wildman–Crippen LogP) is 1.77. The van der Waals surface area contributed by atoms with E-state index in [0.717, 1.165) is 0 Å². The Morgan fingerprint density at radius 3 is 2.64 bits per heavy atom. The molecule has 1 aromatic heterocycles. The highest BCUT2D eigenvalue weighted by Crippen LogP contribution is 2.12. The number of rotatable bonds is 4. The Morgan fingerprint density at radius 1 is 1.27 bits per heavy atom. The van der Waals surface area contributed by atoms with Crippen LogP contribution in [0.1, 0.15) is 34.4 Å². The summed E-state index contributed by atoms with van der Waals surface area (Å²) in [5.41, 5.74) is 1.60. The number of Topliss-reactive ketones (excluding diaryl/α,β-unsaturated/α-hetero) is 1. The Morgan fingerprint density at radius 2 is 2.00 bits per heavy atom. The third-order valence-electron chi connectivity index (χ3n) is 3.23. The SMILES string of the molecule is CC(=O)c1cccc(NC(=O)Cc2c(C)nc(C)[nH]c2=O)c1. The molecule has 1 aromatic carbocycles. The van der Waals surface area contributed by atoms with Gasteiger partial charge in [0.15, 0.2) is 5.78 Å². The van der Waals surface area contributed by atoms with Crippen LogP contribution in [0.5, 0.6) is 0 Å². The molecule has 0 spiro atoms. The summed E-state index contributed by atoms with van der Waals surface area (Å²) in [5, 5.41) is 2.68. The largest absolute Gasteiger partial charge is 0.326 e. The Kier molecular flexibility index (Phi) is 4.50. The molecule has 0 saturated heterocycles.